The van der Waals surface area contributed by atoms with E-state index >= 15 is 0 Å². The van der Waals surface area contributed by atoms with Gasteiger partial charge >= 0.3 is 5.69 Å². The molecule has 0 aliphatic heterocycles. The lowest BCUT2D eigenvalue weighted by molar-refractivity contribution is -0.386. The standard InChI is InChI=1S/C11H6Br2FNO3S/c12-6-1-2-19-11(6)5-18-10-4-8(14)7(13)3-9(10)15(16)17/h1-4H,5H2. The number of halogens is 3. The molecule has 0 saturated carbocycles. The van der Waals surface area contributed by atoms with E-state index in [1.54, 1.807) is 0 Å². The van der Waals surface area contributed by atoms with E-state index in [1.165, 1.54) is 11.3 Å². The SMILES string of the molecule is O=[N+]([O-])c1cc(Br)c(F)cc1OCc1sccc1Br. The lowest BCUT2D eigenvalue weighted by atomic mass is 10.3. The molecule has 1 heterocycles. The summed E-state index contributed by atoms with van der Waals surface area (Å²) < 4.78 is 19.6. The zero-order chi connectivity index (χ0) is 14.0. The van der Waals surface area contributed by atoms with E-state index in [4.69, 9.17) is 4.74 Å². The van der Waals surface area contributed by atoms with Crippen molar-refractivity contribution >= 4 is 48.9 Å². The van der Waals surface area contributed by atoms with Crippen molar-refractivity contribution in [2.24, 2.45) is 0 Å². The Morgan fingerprint density at radius 3 is 2.68 bits per heavy atom. The van der Waals surface area contributed by atoms with Crippen molar-refractivity contribution in [3.05, 3.63) is 53.3 Å². The number of ether oxygens (including phenoxy) is 1. The number of hydrogen-bond donors (Lipinski definition) is 0. The van der Waals surface area contributed by atoms with Gasteiger partial charge < -0.3 is 4.74 Å². The number of thiophene rings is 1. The van der Waals surface area contributed by atoms with Gasteiger partial charge in [-0.15, -0.1) is 11.3 Å². The third-order valence-electron chi connectivity index (χ3n) is 2.25. The van der Waals surface area contributed by atoms with Crippen LogP contribution in [0.4, 0.5) is 10.1 Å². The molecule has 0 radical (unpaired) electrons. The van der Waals surface area contributed by atoms with Crippen LogP contribution < -0.4 is 4.74 Å². The molecular weight excluding hydrogens is 405 g/mol. The lowest BCUT2D eigenvalue weighted by Gasteiger charge is -2.07. The van der Waals surface area contributed by atoms with E-state index in [0.717, 1.165) is 21.5 Å². The van der Waals surface area contributed by atoms with E-state index in [1.807, 2.05) is 11.4 Å². The van der Waals surface area contributed by atoms with Crippen LogP contribution in [0.2, 0.25) is 0 Å². The molecule has 4 nitrogen and oxygen atoms in total. The van der Waals surface area contributed by atoms with Crippen LogP contribution in [0.5, 0.6) is 5.75 Å². The van der Waals surface area contributed by atoms with Gasteiger partial charge in [-0.05, 0) is 43.3 Å². The second kappa shape index (κ2) is 5.98. The fourth-order valence-corrected chi connectivity index (χ4v) is 3.06. The first-order valence-corrected chi connectivity index (χ1v) is 7.43. The maximum atomic E-state index is 13.4. The van der Waals surface area contributed by atoms with Crippen LogP contribution in [0.3, 0.4) is 0 Å². The molecule has 0 spiro atoms. The fraction of sp³-hybridized carbons (Fsp3) is 0.0909. The Labute approximate surface area is 128 Å². The summed E-state index contributed by atoms with van der Waals surface area (Å²) >= 11 is 7.68. The first-order valence-electron chi connectivity index (χ1n) is 4.97. The van der Waals surface area contributed by atoms with E-state index < -0.39 is 10.7 Å². The predicted octanol–water partition coefficient (Wildman–Crippen LogP) is 4.90. The molecule has 0 N–H and O–H groups in total. The van der Waals surface area contributed by atoms with Gasteiger partial charge in [0.15, 0.2) is 5.75 Å². The van der Waals surface area contributed by atoms with E-state index in [2.05, 4.69) is 31.9 Å². The maximum Gasteiger partial charge on any atom is 0.312 e. The monoisotopic (exact) mass is 409 g/mol. The van der Waals surface area contributed by atoms with Gasteiger partial charge in [0.1, 0.15) is 12.4 Å². The second-order valence-corrected chi connectivity index (χ2v) is 6.18. The molecule has 0 saturated heterocycles. The van der Waals surface area contributed by atoms with Crippen LogP contribution >= 0.6 is 43.2 Å². The van der Waals surface area contributed by atoms with Crippen LogP contribution in [0.25, 0.3) is 0 Å². The lowest BCUT2D eigenvalue weighted by Crippen LogP contribution is -1.99. The van der Waals surface area contributed by atoms with Crippen LogP contribution in [0.15, 0.2) is 32.5 Å². The number of hydrogen-bond acceptors (Lipinski definition) is 4. The summed E-state index contributed by atoms with van der Waals surface area (Å²) in [4.78, 5) is 11.2. The number of rotatable bonds is 4. The van der Waals surface area contributed by atoms with E-state index in [-0.39, 0.29) is 22.5 Å². The minimum absolute atomic E-state index is 0.0313. The number of nitrogens with zero attached hydrogens (tertiary/aromatic N) is 1. The molecule has 0 atom stereocenters. The van der Waals surface area contributed by atoms with Crippen molar-refractivity contribution in [2.75, 3.05) is 0 Å². The van der Waals surface area contributed by atoms with Gasteiger partial charge in [0.25, 0.3) is 0 Å². The Bertz CT molecular complexity index is 632. The largest absolute Gasteiger partial charge is 0.481 e. The number of nitro benzene ring substituents is 1. The highest BCUT2D eigenvalue weighted by molar-refractivity contribution is 9.10. The predicted molar refractivity (Wildman–Crippen MR) is 77.1 cm³/mol. The highest BCUT2D eigenvalue weighted by Crippen LogP contribution is 2.34. The van der Waals surface area contributed by atoms with Crippen LogP contribution in [-0.2, 0) is 6.61 Å². The Balaban J connectivity index is 2.26. The highest BCUT2D eigenvalue weighted by atomic mass is 79.9. The van der Waals surface area contributed by atoms with Crippen LogP contribution in [-0.4, -0.2) is 4.92 Å². The first-order chi connectivity index (χ1) is 8.99. The van der Waals surface area contributed by atoms with Crippen LogP contribution in [0.1, 0.15) is 4.88 Å². The number of nitro groups is 1. The zero-order valence-electron chi connectivity index (χ0n) is 9.23. The first kappa shape index (κ1) is 14.4. The topological polar surface area (TPSA) is 52.4 Å². The second-order valence-electron chi connectivity index (χ2n) is 3.47. The van der Waals surface area contributed by atoms with Crippen molar-refractivity contribution < 1.29 is 14.1 Å². The van der Waals surface area contributed by atoms with Gasteiger partial charge in [0.2, 0.25) is 0 Å². The highest BCUT2D eigenvalue weighted by Gasteiger charge is 2.19. The minimum atomic E-state index is -0.608. The molecule has 0 fully saturated rings. The normalized spacial score (nSPS) is 10.5. The van der Waals surface area contributed by atoms with Crippen molar-refractivity contribution in [1.82, 2.24) is 0 Å². The molecule has 0 unspecified atom stereocenters. The Hall–Kier alpha value is -0.990. The average Bonchev–Trinajstić information content (AvgIpc) is 2.75. The third-order valence-corrected chi connectivity index (χ3v) is 4.76. The number of benzene rings is 1. The van der Waals surface area contributed by atoms with Crippen molar-refractivity contribution in [3.63, 3.8) is 0 Å². The molecule has 2 aromatic rings. The van der Waals surface area contributed by atoms with Crippen molar-refractivity contribution in [1.29, 1.82) is 0 Å². The van der Waals surface area contributed by atoms with Gasteiger partial charge in [-0.2, -0.15) is 0 Å². The molecule has 0 amide bonds. The Morgan fingerprint density at radius 2 is 2.11 bits per heavy atom. The van der Waals surface area contributed by atoms with Gasteiger partial charge in [-0.25, -0.2) is 4.39 Å². The smallest absolute Gasteiger partial charge is 0.312 e. The maximum absolute atomic E-state index is 13.4. The quantitative estimate of drug-likeness (QED) is 0.532. The summed E-state index contributed by atoms with van der Waals surface area (Å²) in [6, 6.07) is 3.94. The summed E-state index contributed by atoms with van der Waals surface area (Å²) in [7, 11) is 0. The molecule has 100 valence electrons. The van der Waals surface area contributed by atoms with Gasteiger partial charge in [0.05, 0.1) is 14.3 Å². The molecule has 0 bridgehead atoms. The fourth-order valence-electron chi connectivity index (χ4n) is 1.35. The van der Waals surface area contributed by atoms with Crippen molar-refractivity contribution in [3.8, 4) is 5.75 Å². The zero-order valence-corrected chi connectivity index (χ0v) is 13.2. The summed E-state index contributed by atoms with van der Waals surface area (Å²) in [6.07, 6.45) is 0. The van der Waals surface area contributed by atoms with E-state index in [0.29, 0.717) is 0 Å². The van der Waals surface area contributed by atoms with E-state index in [9.17, 15) is 14.5 Å². The van der Waals surface area contributed by atoms with Crippen LogP contribution in [0, 0.1) is 15.9 Å². The Morgan fingerprint density at radius 1 is 1.37 bits per heavy atom. The summed E-state index contributed by atoms with van der Waals surface area (Å²) in [5.74, 6) is -0.697. The van der Waals surface area contributed by atoms with Gasteiger partial charge in [0, 0.05) is 16.6 Å². The van der Waals surface area contributed by atoms with Gasteiger partial charge in [-0.1, -0.05) is 0 Å². The van der Waals surface area contributed by atoms with Gasteiger partial charge in [-0.3, -0.25) is 10.1 Å². The molecule has 0 aliphatic carbocycles. The Kier molecular flexibility index (Phi) is 4.54. The summed E-state index contributed by atoms with van der Waals surface area (Å²) in [5.41, 5.74) is -0.277. The third kappa shape index (κ3) is 3.31. The molecule has 8 heteroatoms. The summed E-state index contributed by atoms with van der Waals surface area (Å²) in [5, 5.41) is 12.7. The average molecular weight is 411 g/mol. The molecule has 19 heavy (non-hydrogen) atoms. The summed E-state index contributed by atoms with van der Waals surface area (Å²) in [6.45, 7) is 0.139. The minimum Gasteiger partial charge on any atom is -0.481 e. The molecule has 2 rings (SSSR count). The van der Waals surface area contributed by atoms with Crippen molar-refractivity contribution in [2.45, 2.75) is 6.61 Å². The molecule has 1 aromatic heterocycles. The molecular formula is C11H6Br2FNO3S. The molecule has 1 aromatic carbocycles. The molecule has 0 aliphatic rings.